The average Bonchev–Trinajstić information content (AvgIpc) is 2.84. The number of amides is 1. The number of pyridine rings is 1. The van der Waals surface area contributed by atoms with Crippen LogP contribution in [0.5, 0.6) is 0 Å². The minimum Gasteiger partial charge on any atom is -0.444 e. The van der Waals surface area contributed by atoms with Crippen LogP contribution in [0.3, 0.4) is 0 Å². The highest BCUT2D eigenvalue weighted by Gasteiger charge is 2.30. The second-order valence-corrected chi connectivity index (χ2v) is 8.00. The molecule has 8 heteroatoms. The fraction of sp³-hybridized carbons (Fsp3) is 0.562. The lowest BCUT2D eigenvalue weighted by Crippen LogP contribution is -2.43. The van der Waals surface area contributed by atoms with Crippen molar-refractivity contribution < 1.29 is 13.9 Å². The van der Waals surface area contributed by atoms with Crippen LogP contribution in [-0.2, 0) is 4.74 Å². The van der Waals surface area contributed by atoms with Crippen molar-refractivity contribution in [3.05, 3.63) is 21.9 Å². The van der Waals surface area contributed by atoms with Crippen molar-refractivity contribution in [3.63, 3.8) is 0 Å². The van der Waals surface area contributed by atoms with Gasteiger partial charge in [0.05, 0.1) is 17.6 Å². The lowest BCUT2D eigenvalue weighted by atomic mass is 10.1. The summed E-state index contributed by atoms with van der Waals surface area (Å²) in [5.41, 5.74) is -0.0827. The molecule has 0 aliphatic carbocycles. The second-order valence-electron chi connectivity index (χ2n) is 6.98. The smallest absolute Gasteiger partial charge is 0.410 e. The van der Waals surface area contributed by atoms with E-state index >= 15 is 0 Å². The van der Waals surface area contributed by atoms with Crippen molar-refractivity contribution >= 4 is 39.6 Å². The Bertz CT molecular complexity index is 771. The van der Waals surface area contributed by atoms with Gasteiger partial charge >= 0.3 is 6.09 Å². The average molecular weight is 446 g/mol. The number of carbonyl (C=O) groups is 1. The normalized spacial score (nSPS) is 18.9. The van der Waals surface area contributed by atoms with Gasteiger partial charge in [-0.1, -0.05) is 0 Å². The maximum Gasteiger partial charge on any atom is 0.410 e. The van der Waals surface area contributed by atoms with E-state index in [4.69, 9.17) is 4.74 Å². The van der Waals surface area contributed by atoms with Crippen LogP contribution < -0.4 is 0 Å². The fourth-order valence-electron chi connectivity index (χ4n) is 2.92. The van der Waals surface area contributed by atoms with Crippen LogP contribution in [-0.4, -0.2) is 44.4 Å². The Balaban J connectivity index is 1.87. The van der Waals surface area contributed by atoms with Crippen LogP contribution >= 0.6 is 22.6 Å². The van der Waals surface area contributed by atoms with Gasteiger partial charge in [0.1, 0.15) is 14.8 Å². The minimum absolute atomic E-state index is 0.0748. The van der Waals surface area contributed by atoms with Crippen molar-refractivity contribution in [3.8, 4) is 0 Å². The van der Waals surface area contributed by atoms with E-state index in [0.717, 1.165) is 12.8 Å². The van der Waals surface area contributed by atoms with E-state index in [9.17, 15) is 9.18 Å². The van der Waals surface area contributed by atoms with Gasteiger partial charge < -0.3 is 9.64 Å². The number of aromatic nitrogens is 3. The van der Waals surface area contributed by atoms with E-state index < -0.39 is 11.4 Å². The van der Waals surface area contributed by atoms with E-state index in [1.54, 1.807) is 15.8 Å². The molecule has 1 fully saturated rings. The molecule has 0 radical (unpaired) electrons. The summed E-state index contributed by atoms with van der Waals surface area (Å²) in [6.07, 6.45) is 4.16. The number of piperidine rings is 1. The molecule has 0 aromatic carbocycles. The zero-order chi connectivity index (χ0) is 17.5. The van der Waals surface area contributed by atoms with Crippen LogP contribution in [0, 0.1) is 9.52 Å². The van der Waals surface area contributed by atoms with Gasteiger partial charge in [0.25, 0.3) is 0 Å². The van der Waals surface area contributed by atoms with E-state index in [-0.39, 0.29) is 12.1 Å². The molecule has 1 amide bonds. The number of hydrogen-bond acceptors (Lipinski definition) is 4. The molecule has 2 aromatic heterocycles. The molecule has 0 saturated carbocycles. The molecule has 0 unspecified atom stereocenters. The molecule has 3 rings (SSSR count). The summed E-state index contributed by atoms with van der Waals surface area (Å²) in [6.45, 7) is 6.64. The molecule has 1 aliphatic heterocycles. The molecule has 0 spiro atoms. The lowest BCUT2D eigenvalue weighted by molar-refractivity contribution is 0.0169. The third-order valence-corrected chi connectivity index (χ3v) is 4.71. The minimum atomic E-state index is -0.532. The van der Waals surface area contributed by atoms with Crippen molar-refractivity contribution in [2.24, 2.45) is 0 Å². The van der Waals surface area contributed by atoms with E-state index in [0.29, 0.717) is 27.7 Å². The van der Waals surface area contributed by atoms with Gasteiger partial charge in [-0.25, -0.2) is 9.18 Å². The van der Waals surface area contributed by atoms with Crippen LogP contribution in [0.2, 0.25) is 0 Å². The van der Waals surface area contributed by atoms with Crippen molar-refractivity contribution in [1.29, 1.82) is 0 Å². The molecule has 130 valence electrons. The molecule has 3 heterocycles. The molecule has 24 heavy (non-hydrogen) atoms. The number of hydrogen-bond donors (Lipinski definition) is 0. The molecule has 0 N–H and O–H groups in total. The van der Waals surface area contributed by atoms with Gasteiger partial charge in [0, 0.05) is 19.3 Å². The first-order valence-electron chi connectivity index (χ1n) is 7.91. The second kappa shape index (κ2) is 6.45. The maximum atomic E-state index is 14.3. The molecule has 1 aliphatic rings. The predicted molar refractivity (Wildman–Crippen MR) is 96.3 cm³/mol. The quantitative estimate of drug-likeness (QED) is 0.627. The highest BCUT2D eigenvalue weighted by Crippen LogP contribution is 2.29. The van der Waals surface area contributed by atoms with E-state index in [2.05, 4.69) is 32.7 Å². The predicted octanol–water partition coefficient (Wildman–Crippen LogP) is 3.75. The summed E-state index contributed by atoms with van der Waals surface area (Å²) in [4.78, 5) is 17.9. The first-order chi connectivity index (χ1) is 11.3. The zero-order valence-corrected chi connectivity index (χ0v) is 16.1. The van der Waals surface area contributed by atoms with Gasteiger partial charge in [-0.05, 0) is 56.2 Å². The number of halogens is 2. The highest BCUT2D eigenvalue weighted by molar-refractivity contribution is 14.1. The summed E-state index contributed by atoms with van der Waals surface area (Å²) >= 11 is 2.08. The number of fused-ring (bicyclic) bond motifs is 1. The molecular weight excluding hydrogens is 426 g/mol. The number of carbonyl (C=O) groups excluding carboxylic acids is 1. The van der Waals surface area contributed by atoms with Crippen LogP contribution in [0.25, 0.3) is 10.9 Å². The SMILES string of the molecule is CC(C)(C)OC(=O)N1CCC[C@@H](n2nc(I)c3cncc(F)c32)C1. The summed E-state index contributed by atoms with van der Waals surface area (Å²) in [7, 11) is 0. The Labute approximate surface area is 153 Å². The summed E-state index contributed by atoms with van der Waals surface area (Å²) < 4.78 is 22.1. The number of rotatable bonds is 1. The number of nitrogens with zero attached hydrogens (tertiary/aromatic N) is 4. The number of ether oxygens (including phenoxy) is 1. The van der Waals surface area contributed by atoms with Gasteiger partial charge in [0.2, 0.25) is 0 Å². The Hall–Kier alpha value is -1.45. The molecule has 2 aromatic rings. The molecule has 0 bridgehead atoms. The highest BCUT2D eigenvalue weighted by atomic mass is 127. The molecule has 1 saturated heterocycles. The maximum absolute atomic E-state index is 14.3. The van der Waals surface area contributed by atoms with E-state index in [1.807, 2.05) is 20.8 Å². The summed E-state index contributed by atoms with van der Waals surface area (Å²) in [6, 6.07) is -0.0748. The Morgan fingerprint density at radius 1 is 1.42 bits per heavy atom. The number of likely N-dealkylation sites (tertiary alicyclic amines) is 1. The summed E-state index contributed by atoms with van der Waals surface area (Å²) in [5.74, 6) is -0.391. The third-order valence-electron chi connectivity index (χ3n) is 3.91. The van der Waals surface area contributed by atoms with E-state index in [1.165, 1.54) is 6.20 Å². The van der Waals surface area contributed by atoms with Crippen molar-refractivity contribution in [1.82, 2.24) is 19.7 Å². The van der Waals surface area contributed by atoms with Crippen LogP contribution in [0.4, 0.5) is 9.18 Å². The largest absolute Gasteiger partial charge is 0.444 e. The summed E-state index contributed by atoms with van der Waals surface area (Å²) in [5, 5.41) is 5.19. The third kappa shape index (κ3) is 3.47. The van der Waals surface area contributed by atoms with Gasteiger partial charge in [-0.15, -0.1) is 0 Å². The van der Waals surface area contributed by atoms with Crippen molar-refractivity contribution in [2.45, 2.75) is 45.3 Å². The standard InChI is InChI=1S/C16H20FIN4O2/c1-16(2,3)24-15(23)21-6-4-5-10(9-21)22-13-11(14(18)20-22)7-19-8-12(13)17/h7-8,10H,4-6,9H2,1-3H3/t10-/m1/s1. The fourth-order valence-corrected chi connectivity index (χ4v) is 3.55. The van der Waals surface area contributed by atoms with Gasteiger partial charge in [0.15, 0.2) is 5.82 Å². The first kappa shape index (κ1) is 17.4. The van der Waals surface area contributed by atoms with Crippen LogP contribution in [0.15, 0.2) is 12.4 Å². The Kier molecular flexibility index (Phi) is 4.67. The van der Waals surface area contributed by atoms with Crippen molar-refractivity contribution in [2.75, 3.05) is 13.1 Å². The lowest BCUT2D eigenvalue weighted by Gasteiger charge is -2.34. The Morgan fingerprint density at radius 3 is 2.88 bits per heavy atom. The van der Waals surface area contributed by atoms with Crippen LogP contribution in [0.1, 0.15) is 39.7 Å². The van der Waals surface area contributed by atoms with Gasteiger partial charge in [-0.2, -0.15) is 5.10 Å². The molecule has 1 atom stereocenters. The monoisotopic (exact) mass is 446 g/mol. The Morgan fingerprint density at radius 2 is 2.17 bits per heavy atom. The molecular formula is C16H20FIN4O2. The van der Waals surface area contributed by atoms with Gasteiger partial charge in [-0.3, -0.25) is 9.67 Å². The molecule has 6 nitrogen and oxygen atoms in total. The topological polar surface area (TPSA) is 60.2 Å². The first-order valence-corrected chi connectivity index (χ1v) is 8.99. The zero-order valence-electron chi connectivity index (χ0n) is 13.9.